The maximum absolute atomic E-state index is 6.04. The van der Waals surface area contributed by atoms with Crippen LogP contribution in [0.1, 0.15) is 32.4 Å². The van der Waals surface area contributed by atoms with E-state index in [-0.39, 0.29) is 11.5 Å². The van der Waals surface area contributed by atoms with Crippen LogP contribution in [-0.2, 0) is 0 Å². The van der Waals surface area contributed by atoms with Gasteiger partial charge in [-0.3, -0.25) is 0 Å². The van der Waals surface area contributed by atoms with Gasteiger partial charge in [0.2, 0.25) is 0 Å². The highest BCUT2D eigenvalue weighted by Gasteiger charge is 2.24. The zero-order chi connectivity index (χ0) is 9.35. The summed E-state index contributed by atoms with van der Waals surface area (Å²) in [7, 11) is 0. The largest absolute Gasteiger partial charge is 0.323 e. The lowest BCUT2D eigenvalue weighted by Crippen LogP contribution is -2.25. The first-order valence-electron chi connectivity index (χ1n) is 3.91. The Balaban J connectivity index is 2.92. The van der Waals surface area contributed by atoms with Gasteiger partial charge in [-0.1, -0.05) is 32.4 Å². The zero-order valence-corrected chi connectivity index (χ0v) is 9.17. The molecular formula is C9H14ClNS. The molecule has 0 radical (unpaired) electrons. The predicted octanol–water partition coefficient (Wildman–Crippen LogP) is 3.45. The third kappa shape index (κ3) is 2.00. The molecule has 0 aliphatic carbocycles. The molecule has 0 bridgehead atoms. The average molecular weight is 204 g/mol. The summed E-state index contributed by atoms with van der Waals surface area (Å²) >= 11 is 7.51. The summed E-state index contributed by atoms with van der Waals surface area (Å²) in [6.45, 7) is 6.35. The van der Waals surface area contributed by atoms with E-state index in [4.69, 9.17) is 17.3 Å². The number of halogens is 1. The molecule has 0 saturated heterocycles. The maximum Gasteiger partial charge on any atom is 0.0976 e. The lowest BCUT2D eigenvalue weighted by molar-refractivity contribution is 0.327. The summed E-state index contributed by atoms with van der Waals surface area (Å²) in [5.41, 5.74) is 7.18. The van der Waals surface area contributed by atoms with E-state index in [0.29, 0.717) is 0 Å². The molecule has 0 fully saturated rings. The molecule has 0 aliphatic heterocycles. The third-order valence-corrected chi connectivity index (χ3v) is 3.11. The van der Waals surface area contributed by atoms with E-state index < -0.39 is 0 Å². The second-order valence-corrected chi connectivity index (χ2v) is 5.51. The highest BCUT2D eigenvalue weighted by atomic mass is 35.5. The van der Waals surface area contributed by atoms with Gasteiger partial charge in [-0.05, 0) is 22.4 Å². The third-order valence-electron chi connectivity index (χ3n) is 1.91. The molecule has 1 aromatic heterocycles. The first kappa shape index (κ1) is 10.0. The van der Waals surface area contributed by atoms with Crippen molar-refractivity contribution in [1.82, 2.24) is 0 Å². The minimum absolute atomic E-state index is 0.0243. The Morgan fingerprint density at radius 1 is 1.50 bits per heavy atom. The summed E-state index contributed by atoms with van der Waals surface area (Å²) in [6, 6.07) is 2.03. The number of hydrogen-bond donors (Lipinski definition) is 1. The second-order valence-electron chi connectivity index (χ2n) is 3.99. The van der Waals surface area contributed by atoms with Crippen molar-refractivity contribution in [2.45, 2.75) is 26.8 Å². The van der Waals surface area contributed by atoms with Crippen molar-refractivity contribution in [2.75, 3.05) is 0 Å². The Hall–Kier alpha value is -0.0500. The van der Waals surface area contributed by atoms with E-state index in [9.17, 15) is 0 Å². The molecule has 0 unspecified atom stereocenters. The molecule has 1 rings (SSSR count). The number of rotatable bonds is 1. The van der Waals surface area contributed by atoms with Crippen LogP contribution in [0.25, 0.3) is 0 Å². The Bertz CT molecular complexity index is 262. The molecule has 12 heavy (non-hydrogen) atoms. The Morgan fingerprint density at radius 2 is 2.08 bits per heavy atom. The highest BCUT2D eigenvalue weighted by molar-refractivity contribution is 7.14. The van der Waals surface area contributed by atoms with Gasteiger partial charge in [0.15, 0.2) is 0 Å². The first-order chi connectivity index (χ1) is 5.43. The summed E-state index contributed by atoms with van der Waals surface area (Å²) < 4.78 is 0.817. The molecule has 1 aromatic rings. The van der Waals surface area contributed by atoms with E-state index >= 15 is 0 Å². The van der Waals surface area contributed by atoms with Crippen molar-refractivity contribution in [3.05, 3.63) is 21.3 Å². The Morgan fingerprint density at radius 3 is 2.42 bits per heavy atom. The lowest BCUT2D eigenvalue weighted by Gasteiger charge is -2.26. The van der Waals surface area contributed by atoms with Crippen molar-refractivity contribution in [3.8, 4) is 0 Å². The minimum atomic E-state index is 0.0243. The fraction of sp³-hybridized carbons (Fsp3) is 0.556. The standard InChI is InChI=1S/C9H14ClNS/c1-9(2,3)7(11)6-4-5-12-8(6)10/h4-5,7H,11H2,1-3H3/t7-/m1/s1. The van der Waals surface area contributed by atoms with Crippen molar-refractivity contribution < 1.29 is 0 Å². The van der Waals surface area contributed by atoms with E-state index in [2.05, 4.69) is 20.8 Å². The lowest BCUT2D eigenvalue weighted by atomic mass is 9.84. The molecule has 1 atom stereocenters. The van der Waals surface area contributed by atoms with Crippen LogP contribution in [0.15, 0.2) is 11.4 Å². The van der Waals surface area contributed by atoms with Gasteiger partial charge in [0.1, 0.15) is 0 Å². The summed E-state index contributed by atoms with van der Waals surface area (Å²) in [6.07, 6.45) is 0. The molecule has 1 heterocycles. The van der Waals surface area contributed by atoms with E-state index in [0.717, 1.165) is 9.90 Å². The fourth-order valence-corrected chi connectivity index (χ4v) is 1.99. The SMILES string of the molecule is CC(C)(C)[C@H](N)c1ccsc1Cl. The van der Waals surface area contributed by atoms with E-state index in [1.807, 2.05) is 11.4 Å². The van der Waals surface area contributed by atoms with Gasteiger partial charge in [-0.2, -0.15) is 0 Å². The van der Waals surface area contributed by atoms with Crippen LogP contribution in [-0.4, -0.2) is 0 Å². The number of nitrogens with two attached hydrogens (primary N) is 1. The smallest absolute Gasteiger partial charge is 0.0976 e. The van der Waals surface area contributed by atoms with Gasteiger partial charge in [-0.15, -0.1) is 11.3 Å². The topological polar surface area (TPSA) is 26.0 Å². The quantitative estimate of drug-likeness (QED) is 0.744. The monoisotopic (exact) mass is 203 g/mol. The summed E-state index contributed by atoms with van der Waals surface area (Å²) in [5, 5.41) is 1.98. The zero-order valence-electron chi connectivity index (χ0n) is 7.60. The average Bonchev–Trinajstić information content (AvgIpc) is 2.31. The normalized spacial score (nSPS) is 14.8. The molecular weight excluding hydrogens is 190 g/mol. The molecule has 1 nitrogen and oxygen atoms in total. The molecule has 2 N–H and O–H groups in total. The van der Waals surface area contributed by atoms with Gasteiger partial charge < -0.3 is 5.73 Å². The number of hydrogen-bond acceptors (Lipinski definition) is 2. The van der Waals surface area contributed by atoms with Crippen molar-refractivity contribution in [2.24, 2.45) is 11.1 Å². The maximum atomic E-state index is 6.04. The van der Waals surface area contributed by atoms with Crippen LogP contribution in [0.4, 0.5) is 0 Å². The van der Waals surface area contributed by atoms with Crippen LogP contribution in [0, 0.1) is 5.41 Å². The molecule has 0 aliphatic rings. The molecule has 0 saturated carbocycles. The minimum Gasteiger partial charge on any atom is -0.323 e. The molecule has 3 heteroatoms. The van der Waals surface area contributed by atoms with Crippen molar-refractivity contribution >= 4 is 22.9 Å². The van der Waals surface area contributed by atoms with Crippen LogP contribution in [0.2, 0.25) is 4.34 Å². The van der Waals surface area contributed by atoms with Crippen molar-refractivity contribution in [3.63, 3.8) is 0 Å². The van der Waals surface area contributed by atoms with Crippen molar-refractivity contribution in [1.29, 1.82) is 0 Å². The van der Waals surface area contributed by atoms with Gasteiger partial charge in [-0.25, -0.2) is 0 Å². The summed E-state index contributed by atoms with van der Waals surface area (Å²) in [5.74, 6) is 0. The van der Waals surface area contributed by atoms with Gasteiger partial charge in [0.05, 0.1) is 4.34 Å². The molecule has 0 spiro atoms. The fourth-order valence-electron chi connectivity index (χ4n) is 0.993. The van der Waals surface area contributed by atoms with Crippen LogP contribution < -0.4 is 5.73 Å². The van der Waals surface area contributed by atoms with Gasteiger partial charge >= 0.3 is 0 Å². The highest BCUT2D eigenvalue weighted by Crippen LogP contribution is 2.36. The molecule has 68 valence electrons. The number of thiophene rings is 1. The van der Waals surface area contributed by atoms with Crippen LogP contribution in [0.3, 0.4) is 0 Å². The van der Waals surface area contributed by atoms with Crippen LogP contribution in [0.5, 0.6) is 0 Å². The van der Waals surface area contributed by atoms with E-state index in [1.54, 1.807) is 0 Å². The predicted molar refractivity (Wildman–Crippen MR) is 55.7 cm³/mol. The molecule has 0 amide bonds. The van der Waals surface area contributed by atoms with E-state index in [1.165, 1.54) is 11.3 Å². The second kappa shape index (κ2) is 3.36. The Kier molecular flexibility index (Phi) is 2.81. The van der Waals surface area contributed by atoms with Gasteiger partial charge in [0, 0.05) is 6.04 Å². The van der Waals surface area contributed by atoms with Gasteiger partial charge in [0.25, 0.3) is 0 Å². The Labute approximate surface area is 82.5 Å². The van der Waals surface area contributed by atoms with Crippen LogP contribution >= 0.6 is 22.9 Å². The first-order valence-corrected chi connectivity index (χ1v) is 5.17. The molecule has 0 aromatic carbocycles. The summed E-state index contributed by atoms with van der Waals surface area (Å²) in [4.78, 5) is 0.